The van der Waals surface area contributed by atoms with Crippen LogP contribution < -0.4 is 20.1 Å². The second-order valence-corrected chi connectivity index (χ2v) is 6.61. The van der Waals surface area contributed by atoms with Crippen molar-refractivity contribution in [2.45, 2.75) is 13.1 Å². The minimum atomic E-state index is 0. The summed E-state index contributed by atoms with van der Waals surface area (Å²) in [6, 6.07) is 16.9. The topological polar surface area (TPSA) is 98.0 Å². The molecule has 0 saturated heterocycles. The number of aliphatic imine (C=N–C) groups is 1. The number of pyridine rings is 2. The van der Waals surface area contributed by atoms with E-state index in [2.05, 4.69) is 30.8 Å². The van der Waals surface area contributed by atoms with Crippen LogP contribution in [-0.2, 0) is 13.1 Å². The number of guanidine groups is 1. The third kappa shape index (κ3) is 5.84. The Bertz CT molecular complexity index is 1160. The number of ether oxygens (including phenoxy) is 2. The molecule has 0 aliphatic carbocycles. The molecule has 0 unspecified atom stereocenters. The average Bonchev–Trinajstić information content (AvgIpc) is 3.24. The maximum Gasteiger partial charge on any atom is 0.219 e. The summed E-state index contributed by atoms with van der Waals surface area (Å²) in [6.45, 7) is 1.06. The van der Waals surface area contributed by atoms with Crippen LogP contribution in [0.15, 0.2) is 72.0 Å². The zero-order chi connectivity index (χ0) is 21.5. The number of nitrogens with zero attached hydrogens (tertiary/aromatic N) is 5. The molecule has 4 aromatic rings. The largest absolute Gasteiger partial charge is 0.497 e. The van der Waals surface area contributed by atoms with Crippen molar-refractivity contribution in [3.05, 3.63) is 78.4 Å². The maximum absolute atomic E-state index is 5.76. The van der Waals surface area contributed by atoms with Gasteiger partial charge in [-0.25, -0.2) is 4.98 Å². The van der Waals surface area contributed by atoms with Crippen LogP contribution >= 0.6 is 24.0 Å². The predicted octanol–water partition coefficient (Wildman–Crippen LogP) is 3.41. The average molecular weight is 545 g/mol. The Balaban J connectivity index is 0.00000289. The van der Waals surface area contributed by atoms with E-state index in [0.717, 1.165) is 22.8 Å². The smallest absolute Gasteiger partial charge is 0.219 e. The SMILES string of the molecule is CN=C(NCc1ccc(Oc2ccc(OC)cc2)nc1)NCc1nnc2ccccn12.I. The van der Waals surface area contributed by atoms with Gasteiger partial charge in [-0.2, -0.15) is 0 Å². The van der Waals surface area contributed by atoms with E-state index in [4.69, 9.17) is 9.47 Å². The second-order valence-electron chi connectivity index (χ2n) is 6.61. The molecule has 0 amide bonds. The lowest BCUT2D eigenvalue weighted by Crippen LogP contribution is -2.36. The van der Waals surface area contributed by atoms with Gasteiger partial charge in [-0.05, 0) is 42.0 Å². The Kier molecular flexibility index (Phi) is 8.20. The van der Waals surface area contributed by atoms with Gasteiger partial charge in [-0.1, -0.05) is 12.1 Å². The van der Waals surface area contributed by atoms with Gasteiger partial charge in [0.15, 0.2) is 17.4 Å². The van der Waals surface area contributed by atoms with E-state index in [9.17, 15) is 0 Å². The van der Waals surface area contributed by atoms with Crippen LogP contribution in [-0.4, -0.2) is 39.7 Å². The van der Waals surface area contributed by atoms with Gasteiger partial charge in [0, 0.05) is 32.1 Å². The first-order valence-electron chi connectivity index (χ1n) is 9.75. The number of fused-ring (bicyclic) bond motifs is 1. The highest BCUT2D eigenvalue weighted by molar-refractivity contribution is 14.0. The highest BCUT2D eigenvalue weighted by Crippen LogP contribution is 2.22. The zero-order valence-electron chi connectivity index (χ0n) is 17.7. The van der Waals surface area contributed by atoms with Gasteiger partial charge >= 0.3 is 0 Å². The lowest BCUT2D eigenvalue weighted by Gasteiger charge is -2.11. The summed E-state index contributed by atoms with van der Waals surface area (Å²) in [5.41, 5.74) is 1.81. The highest BCUT2D eigenvalue weighted by Gasteiger charge is 2.06. The van der Waals surface area contributed by atoms with Gasteiger partial charge in [-0.3, -0.25) is 9.39 Å². The number of hydrogen-bond donors (Lipinski definition) is 2. The molecule has 1 aromatic carbocycles. The Morgan fingerprint density at radius 3 is 2.47 bits per heavy atom. The number of benzene rings is 1. The van der Waals surface area contributed by atoms with Crippen molar-refractivity contribution >= 4 is 35.6 Å². The quantitative estimate of drug-likeness (QED) is 0.209. The highest BCUT2D eigenvalue weighted by atomic mass is 127. The molecule has 0 aliphatic heterocycles. The molecule has 9 nitrogen and oxygen atoms in total. The van der Waals surface area contributed by atoms with Crippen LogP contribution in [0.25, 0.3) is 5.65 Å². The van der Waals surface area contributed by atoms with Crippen LogP contribution in [0.1, 0.15) is 11.4 Å². The Labute approximate surface area is 202 Å². The molecule has 2 N–H and O–H groups in total. The first kappa shape index (κ1) is 23.3. The van der Waals surface area contributed by atoms with Crippen LogP contribution in [0.2, 0.25) is 0 Å². The van der Waals surface area contributed by atoms with Gasteiger partial charge in [0.2, 0.25) is 5.88 Å². The standard InChI is InChI=1S/C22H23N7O2.HI/c1-23-22(26-15-20-28-27-19-5-3-4-12-29(19)20)25-14-16-6-11-21(24-13-16)31-18-9-7-17(30-2)8-10-18;/h3-13H,14-15H2,1-2H3,(H2,23,25,26);1H. The molecule has 3 aromatic heterocycles. The van der Waals surface area contributed by atoms with Gasteiger partial charge in [0.1, 0.15) is 11.5 Å². The third-order valence-electron chi connectivity index (χ3n) is 4.56. The summed E-state index contributed by atoms with van der Waals surface area (Å²) in [5, 5.41) is 14.9. The molecule has 10 heteroatoms. The van der Waals surface area contributed by atoms with E-state index in [1.165, 1.54) is 0 Å². The van der Waals surface area contributed by atoms with E-state index >= 15 is 0 Å². The number of rotatable bonds is 7. The number of methoxy groups -OCH3 is 1. The van der Waals surface area contributed by atoms with Gasteiger partial charge in [-0.15, -0.1) is 34.2 Å². The lowest BCUT2D eigenvalue weighted by molar-refractivity contribution is 0.412. The van der Waals surface area contributed by atoms with Crippen LogP contribution in [0.4, 0.5) is 0 Å². The fourth-order valence-corrected chi connectivity index (χ4v) is 2.92. The molecule has 0 aliphatic rings. The van der Waals surface area contributed by atoms with Crippen molar-refractivity contribution in [2.24, 2.45) is 4.99 Å². The number of hydrogen-bond acceptors (Lipinski definition) is 6. The number of halogens is 1. The Morgan fingerprint density at radius 1 is 0.969 bits per heavy atom. The number of aromatic nitrogens is 4. The molecular weight excluding hydrogens is 521 g/mol. The molecule has 0 atom stereocenters. The van der Waals surface area contributed by atoms with E-state index < -0.39 is 0 Å². The van der Waals surface area contributed by atoms with Crippen molar-refractivity contribution in [3.63, 3.8) is 0 Å². The predicted molar refractivity (Wildman–Crippen MR) is 133 cm³/mol. The van der Waals surface area contributed by atoms with E-state index in [1.807, 2.05) is 65.2 Å². The van der Waals surface area contributed by atoms with Crippen LogP contribution in [0.5, 0.6) is 17.4 Å². The Morgan fingerprint density at radius 2 is 1.75 bits per heavy atom. The summed E-state index contributed by atoms with van der Waals surface area (Å²) in [5.74, 6) is 3.47. The van der Waals surface area contributed by atoms with E-state index in [1.54, 1.807) is 20.4 Å². The summed E-state index contributed by atoms with van der Waals surface area (Å²) in [4.78, 5) is 8.62. The molecular formula is C22H24IN7O2. The first-order valence-corrected chi connectivity index (χ1v) is 9.75. The van der Waals surface area contributed by atoms with Gasteiger partial charge in [0.05, 0.1) is 13.7 Å². The summed E-state index contributed by atoms with van der Waals surface area (Å²) >= 11 is 0. The van der Waals surface area contributed by atoms with E-state index in [-0.39, 0.29) is 24.0 Å². The fourth-order valence-electron chi connectivity index (χ4n) is 2.92. The van der Waals surface area contributed by atoms with Crippen molar-refractivity contribution < 1.29 is 9.47 Å². The summed E-state index contributed by atoms with van der Waals surface area (Å²) < 4.78 is 12.8. The second kappa shape index (κ2) is 11.3. The fraction of sp³-hybridized carbons (Fsp3) is 0.182. The minimum Gasteiger partial charge on any atom is -0.497 e. The molecule has 0 saturated carbocycles. The van der Waals surface area contributed by atoms with Crippen LogP contribution in [0.3, 0.4) is 0 Å². The van der Waals surface area contributed by atoms with Crippen molar-refractivity contribution in [2.75, 3.05) is 14.2 Å². The molecule has 0 bridgehead atoms. The van der Waals surface area contributed by atoms with Crippen LogP contribution in [0, 0.1) is 0 Å². The van der Waals surface area contributed by atoms with Gasteiger partial charge < -0.3 is 20.1 Å². The molecule has 4 rings (SSSR count). The van der Waals surface area contributed by atoms with Crippen molar-refractivity contribution in [3.8, 4) is 17.4 Å². The minimum absolute atomic E-state index is 0. The molecule has 3 heterocycles. The monoisotopic (exact) mass is 545 g/mol. The molecule has 0 fully saturated rings. The third-order valence-corrected chi connectivity index (χ3v) is 4.56. The Hall–Kier alpha value is -3.41. The molecule has 32 heavy (non-hydrogen) atoms. The molecule has 0 radical (unpaired) electrons. The normalized spacial score (nSPS) is 11.0. The summed E-state index contributed by atoms with van der Waals surface area (Å²) in [7, 11) is 3.35. The molecule has 166 valence electrons. The number of nitrogens with one attached hydrogen (secondary N) is 2. The van der Waals surface area contributed by atoms with Gasteiger partial charge in [0.25, 0.3) is 0 Å². The zero-order valence-corrected chi connectivity index (χ0v) is 20.1. The van der Waals surface area contributed by atoms with Crippen molar-refractivity contribution in [1.29, 1.82) is 0 Å². The summed E-state index contributed by atoms with van der Waals surface area (Å²) in [6.07, 6.45) is 3.70. The lowest BCUT2D eigenvalue weighted by atomic mass is 10.3. The van der Waals surface area contributed by atoms with Crippen molar-refractivity contribution in [1.82, 2.24) is 30.2 Å². The van der Waals surface area contributed by atoms with E-state index in [0.29, 0.717) is 30.7 Å². The molecule has 0 spiro atoms. The maximum atomic E-state index is 5.76. The first-order chi connectivity index (χ1) is 15.2.